The van der Waals surface area contributed by atoms with Crippen molar-refractivity contribution >= 4 is 23.1 Å². The van der Waals surface area contributed by atoms with Gasteiger partial charge in [0, 0.05) is 22.4 Å². The SMILES string of the molecule is CCCCc1ccc(-c2nc(C(C)C)c(CCC(=O)c3ccc(OCC(=O)O)c(C)c3)s2)cc1. The van der Waals surface area contributed by atoms with E-state index < -0.39 is 12.6 Å². The Balaban J connectivity index is 1.70. The zero-order valence-corrected chi connectivity index (χ0v) is 21.2. The van der Waals surface area contributed by atoms with Crippen LogP contribution in [0.15, 0.2) is 42.5 Å². The van der Waals surface area contributed by atoms with E-state index in [9.17, 15) is 9.59 Å². The van der Waals surface area contributed by atoms with Gasteiger partial charge in [-0.15, -0.1) is 11.3 Å². The van der Waals surface area contributed by atoms with Crippen LogP contribution in [0.1, 0.15) is 78.0 Å². The minimum Gasteiger partial charge on any atom is -0.482 e. The number of rotatable bonds is 12. The number of carboxylic acids is 1. The Hall–Kier alpha value is -2.99. The summed E-state index contributed by atoms with van der Waals surface area (Å²) in [5.74, 6) is -0.213. The van der Waals surface area contributed by atoms with Crippen LogP contribution in [0.3, 0.4) is 0 Å². The standard InChI is InChI=1S/C28H33NO4S/c1-5-6-7-20-8-10-21(11-9-20)28-29-27(18(2)3)25(34-28)15-13-23(30)22-12-14-24(19(4)16-22)33-17-26(31)32/h8-12,14,16,18H,5-7,13,15,17H2,1-4H3,(H,31,32). The van der Waals surface area contributed by atoms with E-state index in [1.54, 1.807) is 29.5 Å². The predicted molar refractivity (Wildman–Crippen MR) is 137 cm³/mol. The lowest BCUT2D eigenvalue weighted by atomic mass is 10.0. The number of benzene rings is 2. The third kappa shape index (κ3) is 6.76. The molecule has 6 heteroatoms. The lowest BCUT2D eigenvalue weighted by Crippen LogP contribution is -2.10. The summed E-state index contributed by atoms with van der Waals surface area (Å²) in [6, 6.07) is 13.8. The number of Topliss-reactive ketones (excluding diaryl/α,β-unsaturated/α-hetero) is 1. The van der Waals surface area contributed by atoms with Crippen molar-refractivity contribution in [1.82, 2.24) is 4.98 Å². The fraction of sp³-hybridized carbons (Fsp3) is 0.393. The van der Waals surface area contributed by atoms with Crippen LogP contribution in [-0.4, -0.2) is 28.4 Å². The van der Waals surface area contributed by atoms with Crippen LogP contribution in [-0.2, 0) is 17.6 Å². The summed E-state index contributed by atoms with van der Waals surface area (Å²) in [5.41, 5.74) is 4.90. The lowest BCUT2D eigenvalue weighted by Gasteiger charge is -2.09. The molecule has 0 saturated carbocycles. The summed E-state index contributed by atoms with van der Waals surface area (Å²) >= 11 is 1.68. The molecule has 0 spiro atoms. The number of aliphatic carboxylic acids is 1. The maximum atomic E-state index is 12.9. The highest BCUT2D eigenvalue weighted by molar-refractivity contribution is 7.15. The van der Waals surface area contributed by atoms with Crippen LogP contribution in [0.2, 0.25) is 0 Å². The molecule has 0 bridgehead atoms. The average Bonchev–Trinajstić information content (AvgIpc) is 3.25. The first-order valence-electron chi connectivity index (χ1n) is 11.9. The van der Waals surface area contributed by atoms with Crippen LogP contribution in [0.25, 0.3) is 10.6 Å². The molecule has 0 aliphatic carbocycles. The van der Waals surface area contributed by atoms with Gasteiger partial charge in [-0.05, 0) is 61.4 Å². The van der Waals surface area contributed by atoms with Crippen molar-refractivity contribution in [2.24, 2.45) is 0 Å². The molecule has 1 heterocycles. The quantitative estimate of drug-likeness (QED) is 0.287. The molecule has 3 rings (SSSR count). The number of unbranched alkanes of at least 4 members (excludes halogenated alkanes) is 1. The maximum Gasteiger partial charge on any atom is 0.341 e. The summed E-state index contributed by atoms with van der Waals surface area (Å²) in [4.78, 5) is 29.7. The van der Waals surface area contributed by atoms with E-state index in [2.05, 4.69) is 45.0 Å². The van der Waals surface area contributed by atoms with E-state index in [1.807, 2.05) is 6.92 Å². The highest BCUT2D eigenvalue weighted by Gasteiger charge is 2.17. The second-order valence-electron chi connectivity index (χ2n) is 8.87. The van der Waals surface area contributed by atoms with Gasteiger partial charge in [0.2, 0.25) is 0 Å². The Morgan fingerprint density at radius 1 is 1.09 bits per heavy atom. The minimum atomic E-state index is -1.03. The highest BCUT2D eigenvalue weighted by atomic mass is 32.1. The molecule has 1 N–H and O–H groups in total. The third-order valence-corrected chi connectivity index (χ3v) is 6.90. The van der Waals surface area contributed by atoms with Crippen molar-refractivity contribution in [2.45, 2.75) is 65.7 Å². The normalized spacial score (nSPS) is 11.1. The molecule has 180 valence electrons. The first-order valence-corrected chi connectivity index (χ1v) is 12.7. The molecular weight excluding hydrogens is 446 g/mol. The molecule has 0 aliphatic rings. The van der Waals surface area contributed by atoms with E-state index in [4.69, 9.17) is 14.8 Å². The number of aromatic nitrogens is 1. The van der Waals surface area contributed by atoms with Crippen molar-refractivity contribution in [3.8, 4) is 16.3 Å². The molecule has 1 aromatic heterocycles. The van der Waals surface area contributed by atoms with Gasteiger partial charge in [0.1, 0.15) is 10.8 Å². The van der Waals surface area contributed by atoms with Crippen LogP contribution in [0.4, 0.5) is 0 Å². The van der Waals surface area contributed by atoms with E-state index in [0.29, 0.717) is 24.2 Å². The van der Waals surface area contributed by atoms with Gasteiger partial charge in [-0.2, -0.15) is 0 Å². The molecule has 0 aliphatic heterocycles. The Labute approximate surface area is 205 Å². The van der Waals surface area contributed by atoms with Crippen molar-refractivity contribution in [1.29, 1.82) is 0 Å². The van der Waals surface area contributed by atoms with Gasteiger partial charge in [0.05, 0.1) is 5.69 Å². The van der Waals surface area contributed by atoms with Crippen LogP contribution < -0.4 is 4.74 Å². The Morgan fingerprint density at radius 2 is 1.82 bits per heavy atom. The number of hydrogen-bond donors (Lipinski definition) is 1. The van der Waals surface area contributed by atoms with Gasteiger partial charge < -0.3 is 9.84 Å². The molecule has 0 radical (unpaired) electrons. The summed E-state index contributed by atoms with van der Waals surface area (Å²) < 4.78 is 5.26. The summed E-state index contributed by atoms with van der Waals surface area (Å²) in [7, 11) is 0. The Bertz CT molecular complexity index is 1130. The summed E-state index contributed by atoms with van der Waals surface area (Å²) in [5, 5.41) is 9.79. The van der Waals surface area contributed by atoms with Gasteiger partial charge in [-0.3, -0.25) is 4.79 Å². The minimum absolute atomic E-state index is 0.0535. The molecule has 0 amide bonds. The number of ether oxygens (including phenoxy) is 1. The van der Waals surface area contributed by atoms with Crippen molar-refractivity contribution in [2.75, 3.05) is 6.61 Å². The van der Waals surface area contributed by atoms with Gasteiger partial charge in [0.25, 0.3) is 0 Å². The molecule has 0 saturated heterocycles. The Kier molecular flexibility index (Phi) is 8.99. The molecule has 0 unspecified atom stereocenters. The number of carbonyl (C=O) groups excluding carboxylic acids is 1. The number of nitrogens with zero attached hydrogens (tertiary/aromatic N) is 1. The fourth-order valence-corrected chi connectivity index (χ4v) is 5.03. The number of carbonyl (C=O) groups is 2. The first-order chi connectivity index (χ1) is 16.3. The first kappa shape index (κ1) is 25.6. The van der Waals surface area contributed by atoms with Crippen LogP contribution in [0, 0.1) is 6.92 Å². The number of hydrogen-bond acceptors (Lipinski definition) is 5. The second kappa shape index (κ2) is 11.9. The molecule has 2 aromatic carbocycles. The number of thiazole rings is 1. The molecule has 0 atom stereocenters. The van der Waals surface area contributed by atoms with Crippen molar-refractivity contribution in [3.63, 3.8) is 0 Å². The smallest absolute Gasteiger partial charge is 0.341 e. The average molecular weight is 480 g/mol. The molecule has 0 fully saturated rings. The predicted octanol–water partition coefficient (Wildman–Crippen LogP) is 6.86. The van der Waals surface area contributed by atoms with E-state index in [0.717, 1.165) is 33.1 Å². The molecule has 3 aromatic rings. The van der Waals surface area contributed by atoms with Crippen LogP contribution in [0.5, 0.6) is 5.75 Å². The fourth-order valence-electron chi connectivity index (χ4n) is 3.81. The third-order valence-electron chi connectivity index (χ3n) is 5.72. The summed E-state index contributed by atoms with van der Waals surface area (Å²) in [6.45, 7) is 7.89. The van der Waals surface area contributed by atoms with E-state index >= 15 is 0 Å². The van der Waals surface area contributed by atoms with Gasteiger partial charge in [-0.1, -0.05) is 51.5 Å². The molecular formula is C28H33NO4S. The highest BCUT2D eigenvalue weighted by Crippen LogP contribution is 2.33. The number of ketones is 1. The van der Waals surface area contributed by atoms with Gasteiger partial charge in [-0.25, -0.2) is 9.78 Å². The largest absolute Gasteiger partial charge is 0.482 e. The van der Waals surface area contributed by atoms with E-state index in [-0.39, 0.29) is 11.7 Å². The van der Waals surface area contributed by atoms with Crippen molar-refractivity contribution in [3.05, 3.63) is 69.7 Å². The maximum absolute atomic E-state index is 12.9. The van der Waals surface area contributed by atoms with E-state index in [1.165, 1.54) is 18.4 Å². The van der Waals surface area contributed by atoms with Gasteiger partial charge >= 0.3 is 5.97 Å². The van der Waals surface area contributed by atoms with Gasteiger partial charge in [0.15, 0.2) is 12.4 Å². The molecule has 5 nitrogen and oxygen atoms in total. The van der Waals surface area contributed by atoms with Crippen LogP contribution >= 0.6 is 11.3 Å². The Morgan fingerprint density at radius 3 is 2.44 bits per heavy atom. The zero-order valence-electron chi connectivity index (χ0n) is 20.4. The topological polar surface area (TPSA) is 76.5 Å². The zero-order chi connectivity index (χ0) is 24.7. The second-order valence-corrected chi connectivity index (χ2v) is 9.95. The van der Waals surface area contributed by atoms with Crippen molar-refractivity contribution < 1.29 is 19.4 Å². The lowest BCUT2D eigenvalue weighted by molar-refractivity contribution is -0.139. The monoisotopic (exact) mass is 479 g/mol. The number of carboxylic acid groups (broad SMARTS) is 1. The summed E-state index contributed by atoms with van der Waals surface area (Å²) in [6.07, 6.45) is 4.53. The number of aryl methyl sites for hydroxylation is 3. The molecule has 34 heavy (non-hydrogen) atoms.